The molecule has 17 heavy (non-hydrogen) atoms. The number of nitrogens with one attached hydrogen (secondary N) is 1. The lowest BCUT2D eigenvalue weighted by atomic mass is 10.3. The van der Waals surface area contributed by atoms with Gasteiger partial charge in [-0.15, -0.1) is 0 Å². The van der Waals surface area contributed by atoms with E-state index >= 15 is 0 Å². The van der Waals surface area contributed by atoms with E-state index in [1.807, 2.05) is 0 Å². The quantitative estimate of drug-likeness (QED) is 0.859. The molecule has 6 heteroatoms. The van der Waals surface area contributed by atoms with Crippen LogP contribution in [0.15, 0.2) is 17.0 Å². The molecule has 0 saturated heterocycles. The largest absolute Gasteiger partial charge is 0.324 e. The van der Waals surface area contributed by atoms with Crippen molar-refractivity contribution in [3.8, 4) is 0 Å². The molecule has 1 N–H and O–H groups in total. The molecule has 0 aliphatic carbocycles. The van der Waals surface area contributed by atoms with Crippen LogP contribution in [0.2, 0.25) is 5.02 Å². The second-order valence-corrected chi connectivity index (χ2v) is 4.78. The molecular formula is C11H11ClFNO2S. The van der Waals surface area contributed by atoms with E-state index in [9.17, 15) is 14.0 Å². The number of thioether (sulfide) groups is 1. The van der Waals surface area contributed by atoms with E-state index in [2.05, 4.69) is 5.32 Å². The molecule has 1 rings (SSSR count). The van der Waals surface area contributed by atoms with Crippen LogP contribution in [0.4, 0.5) is 10.1 Å². The van der Waals surface area contributed by atoms with Crippen LogP contribution in [0, 0.1) is 5.82 Å². The van der Waals surface area contributed by atoms with Crippen molar-refractivity contribution in [2.45, 2.75) is 25.2 Å². The molecule has 0 fully saturated rings. The lowest BCUT2D eigenvalue weighted by molar-refractivity contribution is -0.114. The third kappa shape index (κ3) is 4.02. The van der Waals surface area contributed by atoms with Gasteiger partial charge in [-0.05, 0) is 12.1 Å². The molecule has 0 aromatic heterocycles. The van der Waals surface area contributed by atoms with E-state index in [1.165, 1.54) is 13.0 Å². The monoisotopic (exact) mass is 275 g/mol. The van der Waals surface area contributed by atoms with Gasteiger partial charge in [-0.2, -0.15) is 0 Å². The number of carbonyl (C=O) groups is 2. The van der Waals surface area contributed by atoms with Gasteiger partial charge >= 0.3 is 0 Å². The zero-order chi connectivity index (χ0) is 13.0. The first-order valence-electron chi connectivity index (χ1n) is 4.91. The molecule has 1 amide bonds. The van der Waals surface area contributed by atoms with Gasteiger partial charge in [0.1, 0.15) is 5.82 Å². The SMILES string of the molecule is CCC(=O)Sc1cc(NC(C)=O)c(F)cc1Cl. The zero-order valence-electron chi connectivity index (χ0n) is 9.34. The predicted molar refractivity (Wildman–Crippen MR) is 66.9 cm³/mol. The highest BCUT2D eigenvalue weighted by molar-refractivity contribution is 8.13. The molecular weight excluding hydrogens is 265 g/mol. The van der Waals surface area contributed by atoms with Crippen LogP contribution in [-0.4, -0.2) is 11.0 Å². The summed E-state index contributed by atoms with van der Waals surface area (Å²) in [6.45, 7) is 3.00. The Balaban J connectivity index is 3.05. The van der Waals surface area contributed by atoms with Gasteiger partial charge in [-0.1, -0.05) is 30.3 Å². The molecule has 3 nitrogen and oxygen atoms in total. The number of benzene rings is 1. The first-order valence-corrected chi connectivity index (χ1v) is 6.10. The molecule has 0 aliphatic rings. The molecule has 0 saturated carbocycles. The highest BCUT2D eigenvalue weighted by Gasteiger charge is 2.12. The maximum Gasteiger partial charge on any atom is 0.221 e. The number of anilines is 1. The van der Waals surface area contributed by atoms with E-state index in [0.717, 1.165) is 17.8 Å². The fraction of sp³-hybridized carbons (Fsp3) is 0.273. The van der Waals surface area contributed by atoms with Crippen molar-refractivity contribution in [1.29, 1.82) is 0 Å². The van der Waals surface area contributed by atoms with Crippen LogP contribution in [0.5, 0.6) is 0 Å². The Kier molecular flexibility index (Phi) is 4.96. The summed E-state index contributed by atoms with van der Waals surface area (Å²) in [5.41, 5.74) is 0.0216. The normalized spacial score (nSPS) is 10.1. The van der Waals surface area contributed by atoms with Crippen LogP contribution < -0.4 is 5.32 Å². The van der Waals surface area contributed by atoms with Crippen LogP contribution in [0.3, 0.4) is 0 Å². The van der Waals surface area contributed by atoms with Crippen molar-refractivity contribution in [1.82, 2.24) is 0 Å². The fourth-order valence-electron chi connectivity index (χ4n) is 1.09. The number of halogens is 2. The maximum absolute atomic E-state index is 13.4. The third-order valence-electron chi connectivity index (χ3n) is 1.84. The molecule has 0 heterocycles. The summed E-state index contributed by atoms with van der Waals surface area (Å²) in [6.07, 6.45) is 0.355. The van der Waals surface area contributed by atoms with Crippen LogP contribution in [0.25, 0.3) is 0 Å². The highest BCUT2D eigenvalue weighted by Crippen LogP contribution is 2.32. The molecule has 0 atom stereocenters. The molecule has 92 valence electrons. The van der Waals surface area contributed by atoms with Crippen LogP contribution in [-0.2, 0) is 9.59 Å². The highest BCUT2D eigenvalue weighted by atomic mass is 35.5. The average Bonchev–Trinajstić information content (AvgIpc) is 2.24. The Bertz CT molecular complexity index is 465. The second kappa shape index (κ2) is 6.02. The first kappa shape index (κ1) is 14.0. The van der Waals surface area contributed by atoms with Gasteiger partial charge in [0.15, 0.2) is 5.12 Å². The van der Waals surface area contributed by atoms with Gasteiger partial charge in [-0.25, -0.2) is 4.39 Å². The van der Waals surface area contributed by atoms with Gasteiger partial charge in [0.05, 0.1) is 10.7 Å². The van der Waals surface area contributed by atoms with Gasteiger partial charge in [0, 0.05) is 18.2 Å². The Labute approximate surface area is 108 Å². The summed E-state index contributed by atoms with van der Waals surface area (Å²) in [6, 6.07) is 2.44. The van der Waals surface area contributed by atoms with E-state index in [1.54, 1.807) is 6.92 Å². The van der Waals surface area contributed by atoms with Crippen molar-refractivity contribution in [2.75, 3.05) is 5.32 Å². The minimum Gasteiger partial charge on any atom is -0.324 e. The summed E-state index contributed by atoms with van der Waals surface area (Å²) in [5.74, 6) is -1.01. The Morgan fingerprint density at radius 3 is 2.65 bits per heavy atom. The zero-order valence-corrected chi connectivity index (χ0v) is 10.9. The van der Waals surface area contributed by atoms with E-state index in [-0.39, 0.29) is 21.7 Å². The van der Waals surface area contributed by atoms with E-state index < -0.39 is 5.82 Å². The lowest BCUT2D eigenvalue weighted by Gasteiger charge is -2.08. The standard InChI is InChI=1S/C11H11ClFNO2S/c1-3-11(16)17-10-5-9(14-6(2)15)8(13)4-7(10)12/h4-5H,3H2,1-2H3,(H,14,15). The summed E-state index contributed by atoms with van der Waals surface area (Å²) in [5, 5.41) is 2.41. The van der Waals surface area contributed by atoms with Crippen molar-refractivity contribution in [3.05, 3.63) is 23.0 Å². The van der Waals surface area contributed by atoms with Crippen LogP contribution in [0.1, 0.15) is 20.3 Å². The van der Waals surface area contributed by atoms with Gasteiger partial charge in [0.2, 0.25) is 5.91 Å². The average molecular weight is 276 g/mol. The predicted octanol–water partition coefficient (Wildman–Crippen LogP) is 3.47. The summed E-state index contributed by atoms with van der Waals surface area (Å²) < 4.78 is 13.4. The van der Waals surface area contributed by atoms with E-state index in [0.29, 0.717) is 11.3 Å². The van der Waals surface area contributed by atoms with Gasteiger partial charge in [-0.3, -0.25) is 9.59 Å². The number of amides is 1. The molecule has 0 unspecified atom stereocenters. The molecule has 1 aromatic carbocycles. The smallest absolute Gasteiger partial charge is 0.221 e. The van der Waals surface area contributed by atoms with Crippen molar-refractivity contribution in [2.24, 2.45) is 0 Å². The Morgan fingerprint density at radius 1 is 1.47 bits per heavy atom. The lowest BCUT2D eigenvalue weighted by Crippen LogP contribution is -2.07. The first-order chi connectivity index (χ1) is 7.93. The van der Waals surface area contributed by atoms with Gasteiger partial charge in [0.25, 0.3) is 0 Å². The maximum atomic E-state index is 13.4. The number of rotatable bonds is 3. The second-order valence-electron chi connectivity index (χ2n) is 3.27. The molecule has 0 bridgehead atoms. The molecule has 0 radical (unpaired) electrons. The number of hydrogen-bond donors (Lipinski definition) is 1. The Hall–Kier alpha value is -1.07. The van der Waals surface area contributed by atoms with Gasteiger partial charge < -0.3 is 5.32 Å². The molecule has 0 spiro atoms. The fourth-order valence-corrected chi connectivity index (χ4v) is 2.08. The summed E-state index contributed by atoms with van der Waals surface area (Å²) in [4.78, 5) is 22.6. The minimum absolute atomic E-state index is 0.0216. The summed E-state index contributed by atoms with van der Waals surface area (Å²) >= 11 is 6.74. The Morgan fingerprint density at radius 2 is 2.12 bits per heavy atom. The number of carbonyl (C=O) groups excluding carboxylic acids is 2. The van der Waals surface area contributed by atoms with Crippen molar-refractivity contribution < 1.29 is 14.0 Å². The topological polar surface area (TPSA) is 46.2 Å². The third-order valence-corrected chi connectivity index (χ3v) is 3.34. The molecule has 1 aromatic rings. The van der Waals surface area contributed by atoms with Crippen LogP contribution >= 0.6 is 23.4 Å². The van der Waals surface area contributed by atoms with Crippen molar-refractivity contribution >= 4 is 40.1 Å². The van der Waals surface area contributed by atoms with E-state index in [4.69, 9.17) is 11.6 Å². The minimum atomic E-state index is -0.626. The molecule has 0 aliphatic heterocycles. The summed E-state index contributed by atoms with van der Waals surface area (Å²) in [7, 11) is 0. The number of hydrogen-bond acceptors (Lipinski definition) is 3. The van der Waals surface area contributed by atoms with Crippen molar-refractivity contribution in [3.63, 3.8) is 0 Å².